The van der Waals surface area contributed by atoms with Crippen molar-refractivity contribution in [2.24, 2.45) is 0 Å². The Labute approximate surface area is 145 Å². The average Bonchev–Trinajstić information content (AvgIpc) is 3.10. The van der Waals surface area contributed by atoms with E-state index in [1.807, 2.05) is 61.5 Å². The Hall–Kier alpha value is -2.99. The van der Waals surface area contributed by atoms with Gasteiger partial charge in [0, 0.05) is 5.56 Å². The summed E-state index contributed by atoms with van der Waals surface area (Å²) in [5.74, 6) is 0.627. The number of aryl methyl sites for hydroxylation is 1. The zero-order chi connectivity index (χ0) is 17.5. The van der Waals surface area contributed by atoms with Gasteiger partial charge in [-0.3, -0.25) is 4.79 Å². The fourth-order valence-electron chi connectivity index (χ4n) is 2.21. The van der Waals surface area contributed by atoms with Crippen LogP contribution in [0.15, 0.2) is 59.1 Å². The number of nitrogens with zero attached hydrogens (tertiary/aromatic N) is 2. The van der Waals surface area contributed by atoms with Crippen molar-refractivity contribution < 1.29 is 14.1 Å². The van der Waals surface area contributed by atoms with Crippen LogP contribution in [0.25, 0.3) is 11.4 Å². The molecular formula is C19H19N3O3. The summed E-state index contributed by atoms with van der Waals surface area (Å²) in [6.45, 7) is 2.56. The summed E-state index contributed by atoms with van der Waals surface area (Å²) in [6.07, 6.45) is 0. The minimum absolute atomic E-state index is 0.0200. The summed E-state index contributed by atoms with van der Waals surface area (Å²) in [7, 11) is 0. The van der Waals surface area contributed by atoms with Crippen LogP contribution in [0.5, 0.6) is 0 Å². The maximum Gasteiger partial charge on any atom is 0.246 e. The number of nitrogens with one attached hydrogen (secondary N) is 1. The highest BCUT2D eigenvalue weighted by Crippen LogP contribution is 2.16. The van der Waals surface area contributed by atoms with E-state index in [-0.39, 0.29) is 19.1 Å². The Morgan fingerprint density at radius 2 is 1.88 bits per heavy atom. The number of ether oxygens (including phenoxy) is 1. The molecule has 128 valence electrons. The van der Waals surface area contributed by atoms with Gasteiger partial charge in [-0.1, -0.05) is 65.3 Å². The van der Waals surface area contributed by atoms with E-state index in [2.05, 4.69) is 15.5 Å². The number of amides is 1. The monoisotopic (exact) mass is 337 g/mol. The summed E-state index contributed by atoms with van der Waals surface area (Å²) in [4.78, 5) is 16.1. The van der Waals surface area contributed by atoms with E-state index in [0.717, 1.165) is 16.7 Å². The van der Waals surface area contributed by atoms with Crippen LogP contribution in [0.4, 0.5) is 0 Å². The van der Waals surface area contributed by atoms with Gasteiger partial charge in [0.25, 0.3) is 0 Å². The first-order chi connectivity index (χ1) is 12.2. The number of rotatable bonds is 7. The van der Waals surface area contributed by atoms with Gasteiger partial charge in [0.15, 0.2) is 0 Å². The van der Waals surface area contributed by atoms with Crippen LogP contribution in [0.3, 0.4) is 0 Å². The quantitative estimate of drug-likeness (QED) is 0.717. The average molecular weight is 337 g/mol. The zero-order valence-corrected chi connectivity index (χ0v) is 13.9. The molecule has 0 saturated heterocycles. The van der Waals surface area contributed by atoms with Crippen molar-refractivity contribution in [1.82, 2.24) is 15.5 Å². The molecule has 0 aliphatic heterocycles. The molecule has 25 heavy (non-hydrogen) atoms. The van der Waals surface area contributed by atoms with Crippen molar-refractivity contribution in [2.45, 2.75) is 20.1 Å². The largest absolute Gasteiger partial charge is 0.367 e. The molecule has 6 heteroatoms. The van der Waals surface area contributed by atoms with Gasteiger partial charge in [-0.05, 0) is 12.5 Å². The minimum atomic E-state index is -0.231. The van der Waals surface area contributed by atoms with E-state index in [0.29, 0.717) is 18.3 Å². The maximum atomic E-state index is 11.8. The van der Waals surface area contributed by atoms with Gasteiger partial charge in [-0.15, -0.1) is 0 Å². The first kappa shape index (κ1) is 16.9. The molecule has 3 aromatic rings. The molecular weight excluding hydrogens is 318 g/mol. The zero-order valence-electron chi connectivity index (χ0n) is 13.9. The molecule has 2 aromatic carbocycles. The van der Waals surface area contributed by atoms with Crippen molar-refractivity contribution in [1.29, 1.82) is 0 Å². The molecule has 0 spiro atoms. The van der Waals surface area contributed by atoms with E-state index in [9.17, 15) is 4.79 Å². The molecule has 1 aromatic heterocycles. The first-order valence-corrected chi connectivity index (χ1v) is 7.99. The molecule has 0 bridgehead atoms. The molecule has 6 nitrogen and oxygen atoms in total. The van der Waals surface area contributed by atoms with E-state index in [1.165, 1.54) is 0 Å². The number of hydrogen-bond donors (Lipinski definition) is 1. The Morgan fingerprint density at radius 3 is 2.64 bits per heavy atom. The van der Waals surface area contributed by atoms with Crippen LogP contribution >= 0.6 is 0 Å². The van der Waals surface area contributed by atoms with Crippen LogP contribution in [0.1, 0.15) is 17.0 Å². The lowest BCUT2D eigenvalue weighted by Crippen LogP contribution is -2.27. The van der Waals surface area contributed by atoms with Crippen LogP contribution in [-0.2, 0) is 22.7 Å². The highest BCUT2D eigenvalue weighted by atomic mass is 16.5. The molecule has 3 rings (SSSR count). The van der Waals surface area contributed by atoms with E-state index in [4.69, 9.17) is 9.26 Å². The van der Waals surface area contributed by atoms with E-state index >= 15 is 0 Å². The van der Waals surface area contributed by atoms with Crippen molar-refractivity contribution in [3.05, 3.63) is 71.6 Å². The predicted octanol–water partition coefficient (Wildman–Crippen LogP) is 2.88. The lowest BCUT2D eigenvalue weighted by Gasteiger charge is -2.04. The normalized spacial score (nSPS) is 10.6. The lowest BCUT2D eigenvalue weighted by molar-refractivity contribution is -0.126. The third-order valence-electron chi connectivity index (χ3n) is 3.56. The molecule has 0 unspecified atom stereocenters. The fourth-order valence-corrected chi connectivity index (χ4v) is 2.21. The van der Waals surface area contributed by atoms with Crippen LogP contribution in [0.2, 0.25) is 0 Å². The number of carbonyl (C=O) groups excluding carboxylic acids is 1. The van der Waals surface area contributed by atoms with Gasteiger partial charge in [0.1, 0.15) is 6.61 Å². The number of benzene rings is 2. The molecule has 1 heterocycles. The predicted molar refractivity (Wildman–Crippen MR) is 92.4 cm³/mol. The van der Waals surface area contributed by atoms with Crippen molar-refractivity contribution in [3.8, 4) is 11.4 Å². The second-order valence-corrected chi connectivity index (χ2v) is 5.63. The van der Waals surface area contributed by atoms with Gasteiger partial charge in [0.05, 0.1) is 13.2 Å². The summed E-state index contributed by atoms with van der Waals surface area (Å²) >= 11 is 0. The number of hydrogen-bond acceptors (Lipinski definition) is 5. The van der Waals surface area contributed by atoms with Crippen LogP contribution < -0.4 is 5.32 Å². The first-order valence-electron chi connectivity index (χ1n) is 7.99. The number of aromatic nitrogens is 2. The van der Waals surface area contributed by atoms with Gasteiger partial charge in [-0.2, -0.15) is 4.98 Å². The summed E-state index contributed by atoms with van der Waals surface area (Å²) < 4.78 is 10.5. The Kier molecular flexibility index (Phi) is 5.53. The third-order valence-corrected chi connectivity index (χ3v) is 3.56. The van der Waals surface area contributed by atoms with Crippen LogP contribution in [-0.4, -0.2) is 22.7 Å². The summed E-state index contributed by atoms with van der Waals surface area (Å²) in [6, 6.07) is 17.5. The maximum absolute atomic E-state index is 11.8. The van der Waals surface area contributed by atoms with Gasteiger partial charge in [0.2, 0.25) is 17.6 Å². The SMILES string of the molecule is Cc1ccc(-c2noc(CNC(=O)COCc3ccccc3)n2)cc1. The second kappa shape index (κ2) is 8.21. The van der Waals surface area contributed by atoms with Crippen molar-refractivity contribution in [3.63, 3.8) is 0 Å². The Morgan fingerprint density at radius 1 is 1.12 bits per heavy atom. The van der Waals surface area contributed by atoms with Gasteiger partial charge >= 0.3 is 0 Å². The van der Waals surface area contributed by atoms with Crippen molar-refractivity contribution in [2.75, 3.05) is 6.61 Å². The summed E-state index contributed by atoms with van der Waals surface area (Å²) in [5.41, 5.74) is 3.06. The minimum Gasteiger partial charge on any atom is -0.367 e. The standard InChI is InChI=1S/C19H19N3O3/c1-14-7-9-16(10-8-14)19-21-18(25-22-19)11-20-17(23)13-24-12-15-5-3-2-4-6-15/h2-10H,11-13H2,1H3,(H,20,23). The highest BCUT2D eigenvalue weighted by molar-refractivity contribution is 5.77. The highest BCUT2D eigenvalue weighted by Gasteiger charge is 2.10. The van der Waals surface area contributed by atoms with E-state index in [1.54, 1.807) is 0 Å². The molecule has 1 amide bonds. The van der Waals surface area contributed by atoms with Gasteiger partial charge < -0.3 is 14.6 Å². The second-order valence-electron chi connectivity index (χ2n) is 5.63. The molecule has 1 N–H and O–H groups in total. The topological polar surface area (TPSA) is 77.2 Å². The smallest absolute Gasteiger partial charge is 0.246 e. The van der Waals surface area contributed by atoms with E-state index < -0.39 is 0 Å². The molecule has 0 radical (unpaired) electrons. The molecule has 0 fully saturated rings. The lowest BCUT2D eigenvalue weighted by atomic mass is 10.1. The molecule has 0 aliphatic carbocycles. The third kappa shape index (κ3) is 4.99. The van der Waals surface area contributed by atoms with Crippen LogP contribution in [0, 0.1) is 6.92 Å². The molecule has 0 aliphatic rings. The molecule has 0 saturated carbocycles. The Balaban J connectivity index is 1.44. The summed E-state index contributed by atoms with van der Waals surface area (Å²) in [5, 5.41) is 6.63. The number of carbonyl (C=O) groups is 1. The molecule has 0 atom stereocenters. The van der Waals surface area contributed by atoms with Gasteiger partial charge in [-0.25, -0.2) is 0 Å². The Bertz CT molecular complexity index is 813. The fraction of sp³-hybridized carbons (Fsp3) is 0.211. The van der Waals surface area contributed by atoms with Crippen molar-refractivity contribution >= 4 is 5.91 Å².